The molecule has 3 aromatic rings. The van der Waals surface area contributed by atoms with Gasteiger partial charge in [-0.1, -0.05) is 83.9 Å². The summed E-state index contributed by atoms with van der Waals surface area (Å²) in [4.78, 5) is 16.9. The normalized spacial score (nSPS) is 15.2. The average molecular weight is 493 g/mol. The molecule has 3 aromatic carbocycles. The van der Waals surface area contributed by atoms with Crippen molar-refractivity contribution in [2.75, 3.05) is 39.3 Å². The van der Waals surface area contributed by atoms with Crippen LogP contribution >= 0.6 is 11.6 Å². The Morgan fingerprint density at radius 1 is 0.886 bits per heavy atom. The minimum atomic E-state index is -0.0794. The fraction of sp³-hybridized carbons (Fsp3) is 0.345. The third kappa shape index (κ3) is 7.91. The Kier molecular flexibility index (Phi) is 9.32. The minimum Gasteiger partial charge on any atom is -0.368 e. The first-order valence-corrected chi connectivity index (χ1v) is 12.5. The Balaban J connectivity index is 1.28. The third-order valence-electron chi connectivity index (χ3n) is 6.26. The second-order valence-electron chi connectivity index (χ2n) is 9.00. The predicted molar refractivity (Wildman–Crippen MR) is 139 cm³/mol. The molecule has 35 heavy (non-hydrogen) atoms. The molecule has 1 atom stereocenters. The first-order chi connectivity index (χ1) is 17.1. The van der Waals surface area contributed by atoms with Crippen LogP contribution in [0.4, 0.5) is 0 Å². The summed E-state index contributed by atoms with van der Waals surface area (Å²) in [5.41, 5.74) is 4.57. The maximum absolute atomic E-state index is 12.6. The second-order valence-corrected chi connectivity index (χ2v) is 9.44. The number of rotatable bonds is 10. The van der Waals surface area contributed by atoms with E-state index < -0.39 is 0 Å². The van der Waals surface area contributed by atoms with Crippen LogP contribution in [0.3, 0.4) is 0 Å². The van der Waals surface area contributed by atoms with Gasteiger partial charge in [-0.3, -0.25) is 9.69 Å². The quantitative estimate of drug-likeness (QED) is 0.387. The molecule has 1 saturated heterocycles. The van der Waals surface area contributed by atoms with E-state index in [-0.39, 0.29) is 18.6 Å². The van der Waals surface area contributed by atoms with Gasteiger partial charge in [0.25, 0.3) is 0 Å². The van der Waals surface area contributed by atoms with Gasteiger partial charge >= 0.3 is 0 Å². The van der Waals surface area contributed by atoms with Crippen LogP contribution in [0.15, 0.2) is 78.9 Å². The van der Waals surface area contributed by atoms with Crippen LogP contribution in [0.1, 0.15) is 28.4 Å². The molecule has 0 spiro atoms. The molecular formula is C29H33ClN2O3. The lowest BCUT2D eigenvalue weighted by molar-refractivity contribution is -0.138. The Morgan fingerprint density at radius 3 is 2.31 bits per heavy atom. The summed E-state index contributed by atoms with van der Waals surface area (Å²) >= 11 is 6.12. The molecule has 4 rings (SSSR count). The van der Waals surface area contributed by atoms with Gasteiger partial charge in [0.2, 0.25) is 5.91 Å². The van der Waals surface area contributed by atoms with E-state index in [0.717, 1.165) is 36.3 Å². The average Bonchev–Trinajstić information content (AvgIpc) is 2.88. The highest BCUT2D eigenvalue weighted by molar-refractivity contribution is 6.30. The van der Waals surface area contributed by atoms with E-state index in [0.29, 0.717) is 31.3 Å². The number of aryl methyl sites for hydroxylation is 1. The number of halogens is 1. The van der Waals surface area contributed by atoms with Crippen molar-refractivity contribution < 1.29 is 14.3 Å². The van der Waals surface area contributed by atoms with Gasteiger partial charge in [-0.25, -0.2) is 0 Å². The summed E-state index contributed by atoms with van der Waals surface area (Å²) in [5, 5.41) is 0.716. The maximum atomic E-state index is 12.6. The van der Waals surface area contributed by atoms with Crippen molar-refractivity contribution in [1.29, 1.82) is 0 Å². The van der Waals surface area contributed by atoms with Crippen LogP contribution in [0.2, 0.25) is 5.02 Å². The molecular weight excluding hydrogens is 460 g/mol. The first-order valence-electron chi connectivity index (χ1n) is 12.1. The predicted octanol–water partition coefficient (Wildman–Crippen LogP) is 5.27. The molecule has 0 aliphatic carbocycles. The maximum Gasteiger partial charge on any atom is 0.248 e. The van der Waals surface area contributed by atoms with Crippen LogP contribution in [-0.2, 0) is 27.5 Å². The lowest BCUT2D eigenvalue weighted by Crippen LogP contribution is -2.50. The second kappa shape index (κ2) is 12.8. The standard InChI is InChI=1S/C29H33ClN2O3/c1-23-6-5-9-25(18-23)21-35-28(26-10-12-27(30)13-11-26)19-31-14-16-32(17-15-31)29(33)22-34-20-24-7-3-2-4-8-24/h2-13,18,28H,14-17,19-22H2,1H3/t28-/m0/s1. The van der Waals surface area contributed by atoms with E-state index in [4.69, 9.17) is 21.1 Å². The van der Waals surface area contributed by atoms with Crippen molar-refractivity contribution in [3.05, 3.63) is 106 Å². The Bertz CT molecular complexity index is 1070. The van der Waals surface area contributed by atoms with E-state index in [2.05, 4.69) is 36.1 Å². The van der Waals surface area contributed by atoms with Crippen molar-refractivity contribution in [2.24, 2.45) is 0 Å². The fourth-order valence-corrected chi connectivity index (χ4v) is 4.39. The number of amides is 1. The number of hydrogen-bond acceptors (Lipinski definition) is 4. The van der Waals surface area contributed by atoms with Crippen LogP contribution in [0.25, 0.3) is 0 Å². The van der Waals surface area contributed by atoms with E-state index >= 15 is 0 Å². The molecule has 1 heterocycles. The highest BCUT2D eigenvalue weighted by Crippen LogP contribution is 2.23. The van der Waals surface area contributed by atoms with Crippen molar-refractivity contribution in [2.45, 2.75) is 26.2 Å². The lowest BCUT2D eigenvalue weighted by Gasteiger charge is -2.36. The highest BCUT2D eigenvalue weighted by atomic mass is 35.5. The smallest absolute Gasteiger partial charge is 0.248 e. The number of piperazine rings is 1. The molecule has 1 fully saturated rings. The van der Waals surface area contributed by atoms with Gasteiger partial charge in [-0.2, -0.15) is 0 Å². The van der Waals surface area contributed by atoms with E-state index in [1.54, 1.807) is 0 Å². The zero-order chi connectivity index (χ0) is 24.5. The molecule has 184 valence electrons. The summed E-state index contributed by atoms with van der Waals surface area (Å²) < 4.78 is 12.0. The molecule has 6 heteroatoms. The van der Waals surface area contributed by atoms with Gasteiger partial charge in [-0.15, -0.1) is 0 Å². The summed E-state index contributed by atoms with van der Waals surface area (Å²) in [6, 6.07) is 26.2. The van der Waals surface area contributed by atoms with E-state index in [1.165, 1.54) is 5.56 Å². The van der Waals surface area contributed by atoms with Crippen LogP contribution < -0.4 is 0 Å². The number of carbonyl (C=O) groups is 1. The Labute approximate surface area is 213 Å². The molecule has 5 nitrogen and oxygen atoms in total. The summed E-state index contributed by atoms with van der Waals surface area (Å²) in [5.74, 6) is 0.0468. The van der Waals surface area contributed by atoms with Crippen molar-refractivity contribution >= 4 is 17.5 Å². The molecule has 0 radical (unpaired) electrons. The number of carbonyl (C=O) groups excluding carboxylic acids is 1. The first kappa shape index (κ1) is 25.4. The van der Waals surface area contributed by atoms with Crippen molar-refractivity contribution in [1.82, 2.24) is 9.80 Å². The van der Waals surface area contributed by atoms with Crippen LogP contribution in [0, 0.1) is 6.92 Å². The number of nitrogens with zero attached hydrogens (tertiary/aromatic N) is 2. The van der Waals surface area contributed by atoms with Gasteiger partial charge in [0.05, 0.1) is 19.3 Å². The summed E-state index contributed by atoms with van der Waals surface area (Å²) in [6.07, 6.45) is -0.0794. The fourth-order valence-electron chi connectivity index (χ4n) is 4.27. The third-order valence-corrected chi connectivity index (χ3v) is 6.51. The Morgan fingerprint density at radius 2 is 1.60 bits per heavy atom. The number of hydrogen-bond donors (Lipinski definition) is 0. The molecule has 0 unspecified atom stereocenters. The van der Waals surface area contributed by atoms with Crippen LogP contribution in [-0.4, -0.2) is 55.0 Å². The largest absolute Gasteiger partial charge is 0.368 e. The van der Waals surface area contributed by atoms with E-state index in [9.17, 15) is 4.79 Å². The topological polar surface area (TPSA) is 42.0 Å². The number of ether oxygens (including phenoxy) is 2. The monoisotopic (exact) mass is 492 g/mol. The number of benzene rings is 3. The molecule has 1 amide bonds. The Hall–Kier alpha value is -2.70. The minimum absolute atomic E-state index is 0.0468. The van der Waals surface area contributed by atoms with E-state index in [1.807, 2.05) is 59.5 Å². The van der Waals surface area contributed by atoms with Gasteiger partial charge in [-0.05, 0) is 35.7 Å². The molecule has 1 aliphatic rings. The highest BCUT2D eigenvalue weighted by Gasteiger charge is 2.24. The lowest BCUT2D eigenvalue weighted by atomic mass is 10.1. The zero-order valence-corrected chi connectivity index (χ0v) is 21.0. The van der Waals surface area contributed by atoms with Crippen LogP contribution in [0.5, 0.6) is 0 Å². The zero-order valence-electron chi connectivity index (χ0n) is 20.2. The molecule has 0 bridgehead atoms. The van der Waals surface area contributed by atoms with Crippen molar-refractivity contribution in [3.63, 3.8) is 0 Å². The van der Waals surface area contributed by atoms with Crippen molar-refractivity contribution in [3.8, 4) is 0 Å². The SMILES string of the molecule is Cc1cccc(CO[C@@H](CN2CCN(C(=O)COCc3ccccc3)CC2)c2ccc(Cl)cc2)c1. The summed E-state index contributed by atoms with van der Waals surface area (Å²) in [7, 11) is 0. The van der Waals surface area contributed by atoms with Gasteiger partial charge in [0.15, 0.2) is 0 Å². The summed E-state index contributed by atoms with van der Waals surface area (Å²) in [6.45, 7) is 6.97. The molecule has 1 aliphatic heterocycles. The van der Waals surface area contributed by atoms with Gasteiger partial charge < -0.3 is 14.4 Å². The molecule has 0 N–H and O–H groups in total. The van der Waals surface area contributed by atoms with Gasteiger partial charge in [0.1, 0.15) is 6.61 Å². The molecule has 0 saturated carbocycles. The molecule has 0 aromatic heterocycles. The van der Waals surface area contributed by atoms with Gasteiger partial charge in [0, 0.05) is 37.7 Å².